The van der Waals surface area contributed by atoms with Crippen molar-refractivity contribution in [3.05, 3.63) is 23.8 Å². The van der Waals surface area contributed by atoms with Gasteiger partial charge in [0.05, 0.1) is 5.69 Å². The van der Waals surface area contributed by atoms with Gasteiger partial charge in [-0.15, -0.1) is 0 Å². The molecule has 1 saturated carbocycles. The topological polar surface area (TPSA) is 42.9 Å². The second-order valence-corrected chi connectivity index (χ2v) is 3.08. The molecule has 62 valence electrons. The van der Waals surface area contributed by atoms with E-state index >= 15 is 0 Å². The predicted molar refractivity (Wildman–Crippen MR) is 43.8 cm³/mol. The van der Waals surface area contributed by atoms with Gasteiger partial charge in [0.2, 0.25) is 0 Å². The van der Waals surface area contributed by atoms with Crippen LogP contribution in [0, 0.1) is 0 Å². The van der Waals surface area contributed by atoms with Crippen LogP contribution < -0.4 is 0 Å². The molecular formula is C9H10N2O. The number of carbonyl (C=O) groups is 1. The smallest absolute Gasteiger partial charge is 0.125 e. The molecule has 3 heteroatoms. The molecule has 1 aromatic rings. The molecular weight excluding hydrogens is 152 g/mol. The van der Waals surface area contributed by atoms with E-state index < -0.39 is 0 Å². The van der Waals surface area contributed by atoms with Crippen molar-refractivity contribution in [2.45, 2.75) is 25.2 Å². The standard InChI is InChI=1S/C9H10N2O/c12-4-3-8-5-9(7-1-2-7)11-6-10-8/h4-7H,1-3H2. The monoisotopic (exact) mass is 162 g/mol. The number of hydrogen-bond donors (Lipinski definition) is 0. The first-order chi connectivity index (χ1) is 5.90. The summed E-state index contributed by atoms with van der Waals surface area (Å²) in [5, 5.41) is 0. The Labute approximate surface area is 70.9 Å². The van der Waals surface area contributed by atoms with Gasteiger partial charge in [-0.05, 0) is 18.9 Å². The van der Waals surface area contributed by atoms with Crippen molar-refractivity contribution < 1.29 is 4.79 Å². The van der Waals surface area contributed by atoms with Gasteiger partial charge in [0, 0.05) is 18.0 Å². The van der Waals surface area contributed by atoms with Crippen LogP contribution in [0.5, 0.6) is 0 Å². The van der Waals surface area contributed by atoms with Crippen molar-refractivity contribution in [3.8, 4) is 0 Å². The second kappa shape index (κ2) is 3.01. The summed E-state index contributed by atoms with van der Waals surface area (Å²) in [6.45, 7) is 0. The lowest BCUT2D eigenvalue weighted by Gasteiger charge is -1.97. The molecule has 0 amide bonds. The molecule has 0 spiro atoms. The molecule has 1 aliphatic carbocycles. The Bertz CT molecular complexity index is 294. The minimum atomic E-state index is 0.405. The fraction of sp³-hybridized carbons (Fsp3) is 0.444. The molecule has 1 fully saturated rings. The molecule has 0 bridgehead atoms. The highest BCUT2D eigenvalue weighted by molar-refractivity contribution is 5.53. The lowest BCUT2D eigenvalue weighted by atomic mass is 10.2. The molecule has 1 heterocycles. The van der Waals surface area contributed by atoms with E-state index in [0.717, 1.165) is 17.7 Å². The van der Waals surface area contributed by atoms with Crippen molar-refractivity contribution in [1.29, 1.82) is 0 Å². The Kier molecular flexibility index (Phi) is 1.86. The van der Waals surface area contributed by atoms with Crippen LogP contribution in [0.1, 0.15) is 30.1 Å². The summed E-state index contributed by atoms with van der Waals surface area (Å²) >= 11 is 0. The molecule has 0 N–H and O–H groups in total. The Morgan fingerprint density at radius 3 is 3.00 bits per heavy atom. The predicted octanol–water partition coefficient (Wildman–Crippen LogP) is 1.10. The maximum absolute atomic E-state index is 10.2. The van der Waals surface area contributed by atoms with E-state index in [1.54, 1.807) is 6.33 Å². The number of hydrogen-bond acceptors (Lipinski definition) is 3. The Morgan fingerprint density at radius 2 is 2.33 bits per heavy atom. The van der Waals surface area contributed by atoms with Gasteiger partial charge in [0.25, 0.3) is 0 Å². The zero-order chi connectivity index (χ0) is 8.39. The highest BCUT2D eigenvalue weighted by atomic mass is 16.1. The summed E-state index contributed by atoms with van der Waals surface area (Å²) in [7, 11) is 0. The van der Waals surface area contributed by atoms with Crippen molar-refractivity contribution in [2.24, 2.45) is 0 Å². The molecule has 0 aliphatic heterocycles. The van der Waals surface area contributed by atoms with Crippen LogP contribution in [0.3, 0.4) is 0 Å². The number of nitrogens with zero attached hydrogens (tertiary/aromatic N) is 2. The van der Waals surface area contributed by atoms with E-state index in [0.29, 0.717) is 12.3 Å². The molecule has 1 aromatic heterocycles. The Hall–Kier alpha value is -1.25. The molecule has 0 unspecified atom stereocenters. The van der Waals surface area contributed by atoms with Crippen LogP contribution >= 0.6 is 0 Å². The van der Waals surface area contributed by atoms with Crippen LogP contribution in [-0.4, -0.2) is 16.3 Å². The third kappa shape index (κ3) is 1.49. The summed E-state index contributed by atoms with van der Waals surface area (Å²) in [4.78, 5) is 18.4. The fourth-order valence-corrected chi connectivity index (χ4v) is 1.21. The maximum Gasteiger partial charge on any atom is 0.125 e. The second-order valence-electron chi connectivity index (χ2n) is 3.08. The largest absolute Gasteiger partial charge is 0.303 e. The van der Waals surface area contributed by atoms with E-state index in [2.05, 4.69) is 9.97 Å². The van der Waals surface area contributed by atoms with E-state index in [-0.39, 0.29) is 0 Å². The first-order valence-corrected chi connectivity index (χ1v) is 4.14. The zero-order valence-corrected chi connectivity index (χ0v) is 6.73. The van der Waals surface area contributed by atoms with Crippen molar-refractivity contribution in [1.82, 2.24) is 9.97 Å². The average Bonchev–Trinajstić information content (AvgIpc) is 2.88. The highest BCUT2D eigenvalue weighted by Gasteiger charge is 2.24. The van der Waals surface area contributed by atoms with E-state index in [4.69, 9.17) is 0 Å². The Morgan fingerprint density at radius 1 is 1.50 bits per heavy atom. The molecule has 0 saturated heterocycles. The van der Waals surface area contributed by atoms with Crippen LogP contribution in [0.2, 0.25) is 0 Å². The maximum atomic E-state index is 10.2. The lowest BCUT2D eigenvalue weighted by Crippen LogP contribution is -1.95. The number of aldehydes is 1. The van der Waals surface area contributed by atoms with Gasteiger partial charge >= 0.3 is 0 Å². The first-order valence-electron chi connectivity index (χ1n) is 4.14. The van der Waals surface area contributed by atoms with Crippen LogP contribution in [-0.2, 0) is 11.2 Å². The summed E-state index contributed by atoms with van der Waals surface area (Å²) in [5.74, 6) is 0.637. The molecule has 0 aromatic carbocycles. The van der Waals surface area contributed by atoms with Gasteiger partial charge in [-0.1, -0.05) is 0 Å². The van der Waals surface area contributed by atoms with Gasteiger partial charge < -0.3 is 4.79 Å². The van der Waals surface area contributed by atoms with E-state index in [1.807, 2.05) is 6.07 Å². The summed E-state index contributed by atoms with van der Waals surface area (Å²) in [5.41, 5.74) is 1.93. The van der Waals surface area contributed by atoms with E-state index in [1.165, 1.54) is 12.8 Å². The molecule has 12 heavy (non-hydrogen) atoms. The number of rotatable bonds is 3. The van der Waals surface area contributed by atoms with Gasteiger partial charge in [-0.3, -0.25) is 0 Å². The summed E-state index contributed by atoms with van der Waals surface area (Å²) in [6.07, 6.45) is 5.29. The van der Waals surface area contributed by atoms with Gasteiger partial charge in [-0.2, -0.15) is 0 Å². The lowest BCUT2D eigenvalue weighted by molar-refractivity contribution is -0.107. The van der Waals surface area contributed by atoms with E-state index in [9.17, 15) is 4.79 Å². The molecule has 0 radical (unpaired) electrons. The van der Waals surface area contributed by atoms with Crippen molar-refractivity contribution in [3.63, 3.8) is 0 Å². The molecule has 3 nitrogen and oxygen atoms in total. The molecule has 1 aliphatic rings. The fourth-order valence-electron chi connectivity index (χ4n) is 1.21. The van der Waals surface area contributed by atoms with Crippen LogP contribution in [0.25, 0.3) is 0 Å². The van der Waals surface area contributed by atoms with Crippen molar-refractivity contribution in [2.75, 3.05) is 0 Å². The van der Waals surface area contributed by atoms with Crippen molar-refractivity contribution >= 4 is 6.29 Å². The van der Waals surface area contributed by atoms with Gasteiger partial charge in [-0.25, -0.2) is 9.97 Å². The third-order valence-electron chi connectivity index (χ3n) is 2.03. The summed E-state index contributed by atoms with van der Waals surface area (Å²) < 4.78 is 0. The number of carbonyl (C=O) groups excluding carboxylic acids is 1. The minimum absolute atomic E-state index is 0.405. The number of aromatic nitrogens is 2. The zero-order valence-electron chi connectivity index (χ0n) is 6.73. The quantitative estimate of drug-likeness (QED) is 0.625. The summed E-state index contributed by atoms with van der Waals surface area (Å²) in [6, 6.07) is 1.94. The SMILES string of the molecule is O=CCc1cc(C2CC2)ncn1. The minimum Gasteiger partial charge on any atom is -0.303 e. The highest BCUT2D eigenvalue weighted by Crippen LogP contribution is 2.38. The Balaban J connectivity index is 2.20. The van der Waals surface area contributed by atoms with Gasteiger partial charge in [0.1, 0.15) is 12.6 Å². The van der Waals surface area contributed by atoms with Gasteiger partial charge in [0.15, 0.2) is 0 Å². The van der Waals surface area contributed by atoms with Crippen LogP contribution in [0.4, 0.5) is 0 Å². The van der Waals surface area contributed by atoms with Crippen LogP contribution in [0.15, 0.2) is 12.4 Å². The molecule has 2 rings (SSSR count). The first kappa shape index (κ1) is 7.40. The average molecular weight is 162 g/mol. The molecule has 0 atom stereocenters. The third-order valence-corrected chi connectivity index (χ3v) is 2.03. The normalized spacial score (nSPS) is 16.0.